The average Bonchev–Trinajstić information content (AvgIpc) is 3.26. The van der Waals surface area contributed by atoms with E-state index in [9.17, 15) is 14.0 Å². The molecule has 0 saturated heterocycles. The number of benzene rings is 1. The van der Waals surface area contributed by atoms with E-state index in [1.54, 1.807) is 12.5 Å². The lowest BCUT2D eigenvalue weighted by Crippen LogP contribution is -2.34. The van der Waals surface area contributed by atoms with Crippen molar-refractivity contribution in [2.45, 2.75) is 6.54 Å². The van der Waals surface area contributed by atoms with Gasteiger partial charge in [0.2, 0.25) is 0 Å². The molecule has 128 valence electrons. The Morgan fingerprint density at radius 1 is 1.16 bits per heavy atom. The molecule has 0 radical (unpaired) electrons. The minimum absolute atomic E-state index is 0.136. The quantitative estimate of drug-likeness (QED) is 0.672. The van der Waals surface area contributed by atoms with Gasteiger partial charge in [0.25, 0.3) is 0 Å². The van der Waals surface area contributed by atoms with Crippen LogP contribution in [0.1, 0.15) is 4.88 Å². The molecule has 3 rings (SSSR count). The van der Waals surface area contributed by atoms with E-state index >= 15 is 0 Å². The van der Waals surface area contributed by atoms with Gasteiger partial charge in [-0.15, -0.1) is 11.3 Å². The molecule has 2 aromatic heterocycles. The molecule has 2 heterocycles. The number of carbonyl (C=O) groups excluding carboxylic acids is 2. The number of thiophene rings is 1. The van der Waals surface area contributed by atoms with Crippen LogP contribution >= 0.6 is 22.9 Å². The van der Waals surface area contributed by atoms with Crippen molar-refractivity contribution in [3.05, 3.63) is 64.0 Å². The Bertz CT molecular complexity index is 909. The van der Waals surface area contributed by atoms with Crippen molar-refractivity contribution in [2.24, 2.45) is 0 Å². The van der Waals surface area contributed by atoms with Gasteiger partial charge in [0.05, 0.1) is 24.1 Å². The monoisotopic (exact) mass is 378 g/mol. The Morgan fingerprint density at radius 2 is 2.00 bits per heavy atom. The smallest absolute Gasteiger partial charge is 0.313 e. The molecule has 0 spiro atoms. The molecule has 0 saturated carbocycles. The summed E-state index contributed by atoms with van der Waals surface area (Å²) in [5, 5.41) is 6.70. The summed E-state index contributed by atoms with van der Waals surface area (Å²) in [6, 6.07) is 7.42. The van der Waals surface area contributed by atoms with E-state index < -0.39 is 17.6 Å². The number of hydrogen-bond donors (Lipinski definition) is 2. The number of halogens is 2. The highest BCUT2D eigenvalue weighted by atomic mass is 35.5. The van der Waals surface area contributed by atoms with Gasteiger partial charge in [-0.25, -0.2) is 4.39 Å². The molecule has 0 bridgehead atoms. The van der Waals surface area contributed by atoms with Crippen LogP contribution in [0.4, 0.5) is 10.1 Å². The van der Waals surface area contributed by atoms with Crippen molar-refractivity contribution >= 4 is 40.4 Å². The second kappa shape index (κ2) is 7.50. The van der Waals surface area contributed by atoms with Gasteiger partial charge in [-0.2, -0.15) is 0 Å². The Labute approximate surface area is 151 Å². The summed E-state index contributed by atoms with van der Waals surface area (Å²) in [6.45, 7) is 0.221. The highest BCUT2D eigenvalue weighted by Gasteiger charge is 2.14. The number of amides is 2. The largest absolute Gasteiger partial charge is 0.472 e. The Morgan fingerprint density at radius 3 is 2.72 bits per heavy atom. The van der Waals surface area contributed by atoms with Gasteiger partial charge in [0.1, 0.15) is 5.82 Å². The first-order valence-electron chi connectivity index (χ1n) is 7.17. The van der Waals surface area contributed by atoms with Gasteiger partial charge in [-0.1, -0.05) is 11.6 Å². The second-order valence-electron chi connectivity index (χ2n) is 5.08. The van der Waals surface area contributed by atoms with Gasteiger partial charge >= 0.3 is 11.8 Å². The van der Waals surface area contributed by atoms with Gasteiger partial charge in [-0.05, 0) is 41.3 Å². The summed E-state index contributed by atoms with van der Waals surface area (Å²) >= 11 is 7.09. The van der Waals surface area contributed by atoms with Crippen LogP contribution in [-0.2, 0) is 16.1 Å². The number of anilines is 1. The molecule has 0 aliphatic carbocycles. The van der Waals surface area contributed by atoms with Gasteiger partial charge in [0, 0.05) is 16.1 Å². The lowest BCUT2D eigenvalue weighted by atomic mass is 10.2. The van der Waals surface area contributed by atoms with E-state index in [0.717, 1.165) is 22.1 Å². The van der Waals surface area contributed by atoms with Crippen molar-refractivity contribution in [3.8, 4) is 11.1 Å². The van der Waals surface area contributed by atoms with E-state index in [1.165, 1.54) is 23.5 Å². The van der Waals surface area contributed by atoms with Crippen LogP contribution in [-0.4, -0.2) is 11.8 Å². The molecular formula is C17H12ClFN2O3S. The zero-order valence-electron chi connectivity index (χ0n) is 12.7. The first kappa shape index (κ1) is 17.2. The van der Waals surface area contributed by atoms with Crippen molar-refractivity contribution in [1.29, 1.82) is 0 Å². The first-order chi connectivity index (χ1) is 12.0. The zero-order valence-corrected chi connectivity index (χ0v) is 14.3. The molecule has 8 heteroatoms. The highest BCUT2D eigenvalue weighted by Crippen LogP contribution is 2.25. The Hall–Kier alpha value is -2.64. The predicted octanol–water partition coefficient (Wildman–Crippen LogP) is 4.06. The first-order valence-corrected chi connectivity index (χ1v) is 8.43. The number of nitrogens with one attached hydrogen (secondary N) is 2. The summed E-state index contributed by atoms with van der Waals surface area (Å²) in [5.74, 6) is -2.25. The third-order valence-electron chi connectivity index (χ3n) is 3.32. The van der Waals surface area contributed by atoms with Crippen molar-refractivity contribution in [2.75, 3.05) is 5.32 Å². The van der Waals surface area contributed by atoms with Gasteiger partial charge < -0.3 is 15.1 Å². The van der Waals surface area contributed by atoms with E-state index in [1.807, 2.05) is 17.5 Å². The van der Waals surface area contributed by atoms with Crippen LogP contribution in [0.3, 0.4) is 0 Å². The Balaban J connectivity index is 1.55. The lowest BCUT2D eigenvalue weighted by molar-refractivity contribution is -0.136. The molecule has 3 aromatic rings. The third kappa shape index (κ3) is 4.26. The van der Waals surface area contributed by atoms with Crippen molar-refractivity contribution < 1.29 is 18.4 Å². The summed E-state index contributed by atoms with van der Waals surface area (Å²) in [6.07, 6.45) is 3.21. The maximum Gasteiger partial charge on any atom is 0.313 e. The maximum absolute atomic E-state index is 13.1. The average molecular weight is 379 g/mol. The molecule has 5 nitrogen and oxygen atoms in total. The van der Waals surface area contributed by atoms with Crippen LogP contribution in [0, 0.1) is 5.82 Å². The normalized spacial score (nSPS) is 10.5. The predicted molar refractivity (Wildman–Crippen MR) is 93.9 cm³/mol. The van der Waals surface area contributed by atoms with E-state index in [0.29, 0.717) is 0 Å². The fourth-order valence-corrected chi connectivity index (χ4v) is 3.08. The molecule has 0 unspecified atom stereocenters. The molecule has 0 aliphatic heterocycles. The van der Waals surface area contributed by atoms with Crippen LogP contribution in [0.15, 0.2) is 52.7 Å². The van der Waals surface area contributed by atoms with E-state index in [2.05, 4.69) is 10.6 Å². The standard InChI is InChI=1S/C17H12ClFN2O3S/c18-14-6-12(1-2-15(14)19)21-17(23)16(22)20-7-13-5-11(9-25-13)10-3-4-24-8-10/h1-6,8-9H,7H2,(H,20,22)(H,21,23). The zero-order chi connectivity index (χ0) is 17.8. The molecule has 2 N–H and O–H groups in total. The highest BCUT2D eigenvalue weighted by molar-refractivity contribution is 7.10. The molecule has 2 amide bonds. The van der Waals surface area contributed by atoms with Crippen LogP contribution in [0.25, 0.3) is 11.1 Å². The third-order valence-corrected chi connectivity index (χ3v) is 4.54. The van der Waals surface area contributed by atoms with E-state index in [4.69, 9.17) is 16.0 Å². The molecule has 1 aromatic carbocycles. The van der Waals surface area contributed by atoms with Crippen LogP contribution < -0.4 is 10.6 Å². The lowest BCUT2D eigenvalue weighted by Gasteiger charge is -2.06. The summed E-state index contributed by atoms with van der Waals surface area (Å²) < 4.78 is 18.1. The fraction of sp³-hybridized carbons (Fsp3) is 0.0588. The summed E-state index contributed by atoms with van der Waals surface area (Å²) in [5.41, 5.74) is 2.16. The minimum atomic E-state index is -0.853. The molecule has 0 aliphatic rings. The van der Waals surface area contributed by atoms with Crippen LogP contribution in [0.2, 0.25) is 5.02 Å². The molecule has 0 fully saturated rings. The number of carbonyl (C=O) groups is 2. The Kier molecular flexibility index (Phi) is 5.16. The topological polar surface area (TPSA) is 71.3 Å². The fourth-order valence-electron chi connectivity index (χ4n) is 2.06. The minimum Gasteiger partial charge on any atom is -0.472 e. The molecular weight excluding hydrogens is 367 g/mol. The van der Waals surface area contributed by atoms with Gasteiger partial charge in [0.15, 0.2) is 0 Å². The number of rotatable bonds is 4. The van der Waals surface area contributed by atoms with Crippen molar-refractivity contribution in [3.63, 3.8) is 0 Å². The van der Waals surface area contributed by atoms with Gasteiger partial charge in [-0.3, -0.25) is 9.59 Å². The number of furan rings is 1. The van der Waals surface area contributed by atoms with E-state index in [-0.39, 0.29) is 17.3 Å². The second-order valence-corrected chi connectivity index (χ2v) is 6.48. The summed E-state index contributed by atoms with van der Waals surface area (Å²) in [7, 11) is 0. The number of hydrogen-bond acceptors (Lipinski definition) is 4. The molecule has 0 atom stereocenters. The SMILES string of the molecule is O=C(NCc1cc(-c2ccoc2)cs1)C(=O)Nc1ccc(F)c(Cl)c1. The molecule has 25 heavy (non-hydrogen) atoms. The maximum atomic E-state index is 13.1. The summed E-state index contributed by atoms with van der Waals surface area (Å²) in [4.78, 5) is 24.6. The van der Waals surface area contributed by atoms with Crippen molar-refractivity contribution in [1.82, 2.24) is 5.32 Å². The van der Waals surface area contributed by atoms with Crippen LogP contribution in [0.5, 0.6) is 0 Å².